The maximum absolute atomic E-state index is 14.2. The molecule has 0 saturated heterocycles. The van der Waals surface area contributed by atoms with Crippen molar-refractivity contribution < 1.29 is 18.3 Å². The Kier molecular flexibility index (Phi) is 5.93. The Bertz CT molecular complexity index is 1260. The molecule has 6 nitrogen and oxygen atoms in total. The van der Waals surface area contributed by atoms with E-state index in [9.17, 15) is 13.6 Å². The van der Waals surface area contributed by atoms with Gasteiger partial charge < -0.3 is 14.5 Å². The van der Waals surface area contributed by atoms with Gasteiger partial charge in [0.05, 0.1) is 19.9 Å². The van der Waals surface area contributed by atoms with Gasteiger partial charge in [0.15, 0.2) is 0 Å². The fraction of sp³-hybridized carbons (Fsp3) is 0.360. The number of anilines is 2. The normalized spacial score (nSPS) is 15.4. The van der Waals surface area contributed by atoms with Crippen molar-refractivity contribution in [1.29, 1.82) is 0 Å². The molecule has 178 valence electrons. The van der Waals surface area contributed by atoms with E-state index < -0.39 is 6.43 Å². The van der Waals surface area contributed by atoms with Crippen molar-refractivity contribution in [2.75, 3.05) is 25.1 Å². The summed E-state index contributed by atoms with van der Waals surface area (Å²) < 4.78 is 35.0. The van der Waals surface area contributed by atoms with Gasteiger partial charge in [0.2, 0.25) is 0 Å². The standard InChI is InChI=1S/C25H25ClF2N4O2/c1-30-13-17(12-29-30)19-9-16-4-3-6-32(22(16)11-20(19)24(27)28)23-10-18(26)8-15-5-7-31(14-21(15)23)25(33)34-2/h8-13,24H,3-7,14H2,1-2H3. The zero-order valence-corrected chi connectivity index (χ0v) is 19.8. The molecule has 9 heteroatoms. The highest BCUT2D eigenvalue weighted by Gasteiger charge is 2.29. The molecule has 3 heterocycles. The summed E-state index contributed by atoms with van der Waals surface area (Å²) in [5.41, 5.74) is 5.81. The summed E-state index contributed by atoms with van der Waals surface area (Å²) in [6.45, 7) is 1.60. The number of benzene rings is 2. The number of rotatable bonds is 3. The first-order valence-electron chi connectivity index (χ1n) is 11.2. The topological polar surface area (TPSA) is 50.6 Å². The van der Waals surface area contributed by atoms with E-state index >= 15 is 0 Å². The third kappa shape index (κ3) is 4.00. The van der Waals surface area contributed by atoms with Gasteiger partial charge in [0.25, 0.3) is 6.43 Å². The number of hydrogen-bond acceptors (Lipinski definition) is 4. The fourth-order valence-electron chi connectivity index (χ4n) is 5.02. The first-order chi connectivity index (χ1) is 16.4. The summed E-state index contributed by atoms with van der Waals surface area (Å²) in [5, 5.41) is 4.75. The number of halogens is 3. The first kappa shape index (κ1) is 22.7. The average Bonchev–Trinajstić information content (AvgIpc) is 3.27. The number of nitrogens with zero attached hydrogens (tertiary/aromatic N) is 4. The lowest BCUT2D eigenvalue weighted by molar-refractivity contribution is 0.118. The maximum atomic E-state index is 14.2. The second-order valence-electron chi connectivity index (χ2n) is 8.73. The summed E-state index contributed by atoms with van der Waals surface area (Å²) in [4.78, 5) is 15.9. The molecule has 0 aliphatic carbocycles. The van der Waals surface area contributed by atoms with Gasteiger partial charge in [-0.1, -0.05) is 11.6 Å². The molecule has 1 aromatic heterocycles. The summed E-state index contributed by atoms with van der Waals surface area (Å²) >= 11 is 6.48. The molecule has 0 radical (unpaired) electrons. The molecule has 0 bridgehead atoms. The van der Waals surface area contributed by atoms with E-state index in [4.69, 9.17) is 16.3 Å². The van der Waals surface area contributed by atoms with Crippen molar-refractivity contribution in [2.45, 2.75) is 32.2 Å². The SMILES string of the molecule is COC(=O)N1CCc2cc(Cl)cc(N3CCCc4cc(-c5cnn(C)c5)c(C(F)F)cc43)c2C1. The molecule has 0 fully saturated rings. The van der Waals surface area contributed by atoms with E-state index in [2.05, 4.69) is 10.00 Å². The fourth-order valence-corrected chi connectivity index (χ4v) is 5.26. The molecular weight excluding hydrogens is 462 g/mol. The Morgan fingerprint density at radius 3 is 2.65 bits per heavy atom. The molecule has 0 spiro atoms. The van der Waals surface area contributed by atoms with Gasteiger partial charge in [0.1, 0.15) is 0 Å². The lowest BCUT2D eigenvalue weighted by atomic mass is 9.91. The number of amides is 1. The van der Waals surface area contributed by atoms with Crippen molar-refractivity contribution in [3.8, 4) is 11.1 Å². The van der Waals surface area contributed by atoms with Crippen LogP contribution in [0.1, 0.15) is 35.1 Å². The molecule has 2 aliphatic heterocycles. The molecule has 2 aliphatic rings. The number of hydrogen-bond donors (Lipinski definition) is 0. The summed E-state index contributed by atoms with van der Waals surface area (Å²) in [5.74, 6) is 0. The monoisotopic (exact) mass is 486 g/mol. The number of aromatic nitrogens is 2. The van der Waals surface area contributed by atoms with Crippen LogP contribution in [0.4, 0.5) is 25.0 Å². The van der Waals surface area contributed by atoms with Crippen LogP contribution in [0.5, 0.6) is 0 Å². The predicted molar refractivity (Wildman–Crippen MR) is 127 cm³/mol. The Morgan fingerprint density at radius 2 is 1.94 bits per heavy atom. The van der Waals surface area contributed by atoms with Gasteiger partial charge >= 0.3 is 6.09 Å². The second-order valence-corrected chi connectivity index (χ2v) is 9.17. The number of carbonyl (C=O) groups is 1. The molecule has 5 rings (SSSR count). The predicted octanol–water partition coefficient (Wildman–Crippen LogP) is 5.89. The van der Waals surface area contributed by atoms with Gasteiger partial charge in [-0.05, 0) is 65.8 Å². The Balaban J connectivity index is 1.63. The third-order valence-electron chi connectivity index (χ3n) is 6.63. The number of methoxy groups -OCH3 is 1. The van der Waals surface area contributed by atoms with Gasteiger partial charge in [0, 0.05) is 53.9 Å². The smallest absolute Gasteiger partial charge is 0.409 e. The van der Waals surface area contributed by atoms with Gasteiger partial charge in [-0.15, -0.1) is 0 Å². The lowest BCUT2D eigenvalue weighted by Crippen LogP contribution is -2.37. The minimum Gasteiger partial charge on any atom is -0.453 e. The van der Waals surface area contributed by atoms with Crippen molar-refractivity contribution in [2.24, 2.45) is 7.05 Å². The Hall–Kier alpha value is -3.13. The van der Waals surface area contributed by atoms with E-state index in [0.717, 1.165) is 40.9 Å². The van der Waals surface area contributed by atoms with E-state index in [1.54, 1.807) is 35.1 Å². The highest BCUT2D eigenvalue weighted by Crippen LogP contribution is 2.44. The van der Waals surface area contributed by atoms with Crippen LogP contribution in [0.3, 0.4) is 0 Å². The molecule has 2 aromatic carbocycles. The molecule has 0 saturated carbocycles. The van der Waals surface area contributed by atoms with Crippen LogP contribution >= 0.6 is 11.6 Å². The maximum Gasteiger partial charge on any atom is 0.409 e. The third-order valence-corrected chi connectivity index (χ3v) is 6.85. The van der Waals surface area contributed by atoms with Crippen LogP contribution in [0.15, 0.2) is 36.7 Å². The van der Waals surface area contributed by atoms with Gasteiger partial charge in [-0.25, -0.2) is 13.6 Å². The number of carbonyl (C=O) groups excluding carboxylic acids is 1. The molecule has 0 N–H and O–H groups in total. The molecule has 3 aromatic rings. The Morgan fingerprint density at radius 1 is 1.12 bits per heavy atom. The van der Waals surface area contributed by atoms with Gasteiger partial charge in [-0.2, -0.15) is 5.10 Å². The van der Waals surface area contributed by atoms with Crippen molar-refractivity contribution >= 4 is 29.1 Å². The molecule has 1 amide bonds. The van der Waals surface area contributed by atoms with Crippen molar-refractivity contribution in [3.63, 3.8) is 0 Å². The Labute approximate surface area is 201 Å². The molecule has 0 atom stereocenters. The average molecular weight is 487 g/mol. The highest BCUT2D eigenvalue weighted by molar-refractivity contribution is 6.31. The van der Waals surface area contributed by atoms with Gasteiger partial charge in [-0.3, -0.25) is 4.68 Å². The first-order valence-corrected chi connectivity index (χ1v) is 11.6. The van der Waals surface area contributed by atoms with E-state index in [1.807, 2.05) is 18.2 Å². The van der Waals surface area contributed by atoms with Crippen LogP contribution in [-0.2, 0) is 31.2 Å². The van der Waals surface area contributed by atoms with Crippen molar-refractivity contribution in [1.82, 2.24) is 14.7 Å². The summed E-state index contributed by atoms with van der Waals surface area (Å²) in [6.07, 6.45) is 2.67. The number of alkyl halides is 2. The van der Waals surface area contributed by atoms with Crippen LogP contribution < -0.4 is 4.90 Å². The highest BCUT2D eigenvalue weighted by atomic mass is 35.5. The van der Waals surface area contributed by atoms with E-state index in [-0.39, 0.29) is 11.7 Å². The largest absolute Gasteiger partial charge is 0.453 e. The minimum atomic E-state index is -2.63. The number of aryl methyl sites for hydroxylation is 2. The summed E-state index contributed by atoms with van der Waals surface area (Å²) in [7, 11) is 3.14. The number of fused-ring (bicyclic) bond motifs is 2. The number of ether oxygens (including phenoxy) is 1. The molecule has 34 heavy (non-hydrogen) atoms. The zero-order valence-electron chi connectivity index (χ0n) is 19.0. The quantitative estimate of drug-likeness (QED) is 0.463. The van der Waals surface area contributed by atoms with Crippen LogP contribution in [-0.4, -0.2) is 41.0 Å². The lowest BCUT2D eigenvalue weighted by Gasteiger charge is -2.37. The second kappa shape index (κ2) is 8.91. The van der Waals surface area contributed by atoms with E-state index in [0.29, 0.717) is 42.2 Å². The van der Waals surface area contributed by atoms with Crippen molar-refractivity contribution in [3.05, 3.63) is 63.9 Å². The molecular formula is C25H25ClF2N4O2. The van der Waals surface area contributed by atoms with Crippen LogP contribution in [0.25, 0.3) is 11.1 Å². The van der Waals surface area contributed by atoms with E-state index in [1.165, 1.54) is 7.11 Å². The minimum absolute atomic E-state index is 0.0225. The summed E-state index contributed by atoms with van der Waals surface area (Å²) in [6, 6.07) is 7.27. The van der Waals surface area contributed by atoms with Crippen LogP contribution in [0, 0.1) is 0 Å². The zero-order chi connectivity index (χ0) is 24.0. The molecule has 0 unspecified atom stereocenters. The van der Waals surface area contributed by atoms with Crippen LogP contribution in [0.2, 0.25) is 5.02 Å².